The minimum Gasteiger partial charge on any atom is -0.395 e. The van der Waals surface area contributed by atoms with Crippen LogP contribution in [0.2, 0.25) is 0 Å². The summed E-state index contributed by atoms with van der Waals surface area (Å²) < 4.78 is 27.6. The van der Waals surface area contributed by atoms with Crippen LogP contribution >= 0.6 is 0 Å². The largest absolute Gasteiger partial charge is 0.395 e. The molecule has 1 rings (SSSR count). The van der Waals surface area contributed by atoms with Crippen LogP contribution in [0.15, 0.2) is 11.1 Å². The fourth-order valence-corrected chi connectivity index (χ4v) is 3.28. The van der Waals surface area contributed by atoms with Crippen LogP contribution in [0.25, 0.3) is 0 Å². The number of aliphatic hydroxyl groups is 1. The third-order valence-electron chi connectivity index (χ3n) is 2.72. The SMILES string of the molecule is CCN(CCO)S(=O)(=O)c1cn(C(C)C)nc1C. The van der Waals surface area contributed by atoms with Gasteiger partial charge >= 0.3 is 0 Å². The lowest BCUT2D eigenvalue weighted by Gasteiger charge is -2.18. The Balaban J connectivity index is 3.19. The zero-order chi connectivity index (χ0) is 13.9. The molecule has 0 saturated carbocycles. The van der Waals surface area contributed by atoms with Gasteiger partial charge in [0.25, 0.3) is 0 Å². The molecule has 0 aliphatic heterocycles. The fraction of sp³-hybridized carbons (Fsp3) is 0.727. The van der Waals surface area contributed by atoms with Crippen molar-refractivity contribution in [1.82, 2.24) is 14.1 Å². The van der Waals surface area contributed by atoms with Crippen molar-refractivity contribution in [1.29, 1.82) is 0 Å². The van der Waals surface area contributed by atoms with Gasteiger partial charge in [-0.2, -0.15) is 9.40 Å². The van der Waals surface area contributed by atoms with Gasteiger partial charge in [-0.05, 0) is 20.8 Å². The molecule has 7 heteroatoms. The number of hydrogen-bond donors (Lipinski definition) is 1. The third kappa shape index (κ3) is 2.90. The van der Waals surface area contributed by atoms with Crippen molar-refractivity contribution in [2.45, 2.75) is 38.6 Å². The Labute approximate surface area is 108 Å². The average Bonchev–Trinajstić information content (AvgIpc) is 2.68. The first-order valence-electron chi connectivity index (χ1n) is 6.01. The van der Waals surface area contributed by atoms with E-state index in [-0.39, 0.29) is 24.1 Å². The fourth-order valence-electron chi connectivity index (χ4n) is 1.68. The molecule has 1 aromatic rings. The molecule has 0 radical (unpaired) electrons. The molecule has 0 aliphatic carbocycles. The molecular formula is C11H21N3O3S. The lowest BCUT2D eigenvalue weighted by molar-refractivity contribution is 0.257. The summed E-state index contributed by atoms with van der Waals surface area (Å²) in [5.41, 5.74) is 0.486. The molecule has 0 aromatic carbocycles. The molecule has 0 spiro atoms. The third-order valence-corrected chi connectivity index (χ3v) is 4.80. The molecule has 0 unspecified atom stereocenters. The predicted molar refractivity (Wildman–Crippen MR) is 68.9 cm³/mol. The predicted octanol–water partition coefficient (Wildman–Crippen LogP) is 0.775. The Kier molecular flexibility index (Phi) is 4.89. The molecule has 0 bridgehead atoms. The van der Waals surface area contributed by atoms with E-state index in [0.29, 0.717) is 12.2 Å². The van der Waals surface area contributed by atoms with Crippen molar-refractivity contribution in [3.63, 3.8) is 0 Å². The van der Waals surface area contributed by atoms with E-state index < -0.39 is 10.0 Å². The van der Waals surface area contributed by atoms with Crippen LogP contribution in [0.3, 0.4) is 0 Å². The van der Waals surface area contributed by atoms with Crippen molar-refractivity contribution in [2.24, 2.45) is 0 Å². The molecule has 6 nitrogen and oxygen atoms in total. The lowest BCUT2D eigenvalue weighted by atomic mass is 10.4. The van der Waals surface area contributed by atoms with E-state index in [1.807, 2.05) is 13.8 Å². The highest BCUT2D eigenvalue weighted by atomic mass is 32.2. The van der Waals surface area contributed by atoms with E-state index >= 15 is 0 Å². The minimum atomic E-state index is -3.57. The summed E-state index contributed by atoms with van der Waals surface area (Å²) in [6.45, 7) is 7.54. The van der Waals surface area contributed by atoms with E-state index in [2.05, 4.69) is 5.10 Å². The Bertz CT molecular complexity index is 494. The highest BCUT2D eigenvalue weighted by molar-refractivity contribution is 7.89. The molecule has 104 valence electrons. The number of rotatable bonds is 6. The standard InChI is InChI=1S/C11H21N3O3S/c1-5-13(6-7-15)18(16,17)11-8-14(9(2)3)12-10(11)4/h8-9,15H,5-7H2,1-4H3. The van der Waals surface area contributed by atoms with Crippen LogP contribution in [0.1, 0.15) is 32.5 Å². The van der Waals surface area contributed by atoms with Crippen LogP contribution in [0.4, 0.5) is 0 Å². The summed E-state index contributed by atoms with van der Waals surface area (Å²) in [4.78, 5) is 0.214. The van der Waals surface area contributed by atoms with Crippen molar-refractivity contribution in [3.05, 3.63) is 11.9 Å². The maximum Gasteiger partial charge on any atom is 0.246 e. The van der Waals surface area contributed by atoms with E-state index in [1.165, 1.54) is 4.31 Å². The summed E-state index contributed by atoms with van der Waals surface area (Å²) in [5, 5.41) is 13.1. The maximum atomic E-state index is 12.4. The number of sulfonamides is 1. The van der Waals surface area contributed by atoms with Gasteiger partial charge < -0.3 is 5.11 Å². The molecule has 0 saturated heterocycles. The number of aromatic nitrogens is 2. The first kappa shape index (κ1) is 15.1. The van der Waals surface area contributed by atoms with Gasteiger partial charge in [0, 0.05) is 25.3 Å². The molecular weight excluding hydrogens is 254 g/mol. The number of aliphatic hydroxyl groups excluding tert-OH is 1. The lowest BCUT2D eigenvalue weighted by Crippen LogP contribution is -2.33. The Hall–Kier alpha value is -0.920. The summed E-state index contributed by atoms with van der Waals surface area (Å²) in [6, 6.07) is 0.112. The first-order valence-corrected chi connectivity index (χ1v) is 7.45. The van der Waals surface area contributed by atoms with Gasteiger partial charge in [-0.25, -0.2) is 8.42 Å². The van der Waals surface area contributed by atoms with Crippen LogP contribution < -0.4 is 0 Å². The average molecular weight is 275 g/mol. The molecule has 1 heterocycles. The molecule has 1 aromatic heterocycles. The van der Waals surface area contributed by atoms with Gasteiger partial charge in [0.05, 0.1) is 12.3 Å². The quantitative estimate of drug-likeness (QED) is 0.832. The van der Waals surface area contributed by atoms with Crippen molar-refractivity contribution < 1.29 is 13.5 Å². The highest BCUT2D eigenvalue weighted by Crippen LogP contribution is 2.20. The Morgan fingerprint density at radius 2 is 2.11 bits per heavy atom. The number of likely N-dealkylation sites (N-methyl/N-ethyl adjacent to an activating group) is 1. The maximum absolute atomic E-state index is 12.4. The summed E-state index contributed by atoms with van der Waals surface area (Å²) >= 11 is 0. The van der Waals surface area contributed by atoms with E-state index in [9.17, 15) is 8.42 Å². The second-order valence-electron chi connectivity index (χ2n) is 4.37. The number of nitrogens with zero attached hydrogens (tertiary/aromatic N) is 3. The molecule has 0 amide bonds. The number of hydrogen-bond acceptors (Lipinski definition) is 4. The van der Waals surface area contributed by atoms with Gasteiger partial charge in [-0.3, -0.25) is 4.68 Å². The molecule has 18 heavy (non-hydrogen) atoms. The second-order valence-corrected chi connectivity index (χ2v) is 6.28. The molecule has 0 fully saturated rings. The Morgan fingerprint density at radius 1 is 1.50 bits per heavy atom. The summed E-state index contributed by atoms with van der Waals surface area (Å²) in [7, 11) is -3.57. The smallest absolute Gasteiger partial charge is 0.246 e. The van der Waals surface area contributed by atoms with Crippen molar-refractivity contribution >= 4 is 10.0 Å². The van der Waals surface area contributed by atoms with Crippen molar-refractivity contribution in [2.75, 3.05) is 19.7 Å². The van der Waals surface area contributed by atoms with Gasteiger partial charge in [0.1, 0.15) is 4.90 Å². The van der Waals surface area contributed by atoms with Gasteiger partial charge in [-0.1, -0.05) is 6.92 Å². The van der Waals surface area contributed by atoms with Gasteiger partial charge in [0.15, 0.2) is 0 Å². The van der Waals surface area contributed by atoms with Crippen molar-refractivity contribution in [3.8, 4) is 0 Å². The Morgan fingerprint density at radius 3 is 2.50 bits per heavy atom. The van der Waals surface area contributed by atoms with Crippen LogP contribution in [0.5, 0.6) is 0 Å². The number of aryl methyl sites for hydroxylation is 1. The monoisotopic (exact) mass is 275 g/mol. The second kappa shape index (κ2) is 5.81. The van der Waals surface area contributed by atoms with Gasteiger partial charge in [-0.15, -0.1) is 0 Å². The molecule has 0 aliphatic rings. The van der Waals surface area contributed by atoms with Crippen LogP contribution in [0, 0.1) is 6.92 Å². The topological polar surface area (TPSA) is 75.4 Å². The zero-order valence-electron chi connectivity index (χ0n) is 11.3. The highest BCUT2D eigenvalue weighted by Gasteiger charge is 2.27. The zero-order valence-corrected chi connectivity index (χ0v) is 12.1. The first-order chi connectivity index (χ1) is 8.34. The molecule has 1 N–H and O–H groups in total. The van der Waals surface area contributed by atoms with E-state index in [1.54, 1.807) is 24.7 Å². The molecule has 0 atom stereocenters. The van der Waals surface area contributed by atoms with Crippen LogP contribution in [-0.4, -0.2) is 47.3 Å². The summed E-state index contributed by atoms with van der Waals surface area (Å²) in [5.74, 6) is 0. The van der Waals surface area contributed by atoms with Crippen LogP contribution in [-0.2, 0) is 10.0 Å². The summed E-state index contributed by atoms with van der Waals surface area (Å²) in [6.07, 6.45) is 1.55. The minimum absolute atomic E-state index is 0.102. The van der Waals surface area contributed by atoms with E-state index in [0.717, 1.165) is 0 Å². The van der Waals surface area contributed by atoms with E-state index in [4.69, 9.17) is 5.11 Å². The van der Waals surface area contributed by atoms with Gasteiger partial charge in [0.2, 0.25) is 10.0 Å². The normalized spacial score (nSPS) is 12.6.